The normalized spacial score (nSPS) is 13.7. The molecule has 7 heteroatoms. The molecule has 7 nitrogen and oxygen atoms in total. The highest BCUT2D eigenvalue weighted by Crippen LogP contribution is 2.10. The van der Waals surface area contributed by atoms with Crippen LogP contribution in [-0.2, 0) is 11.2 Å². The lowest BCUT2D eigenvalue weighted by Gasteiger charge is -2.27. The third-order valence-corrected chi connectivity index (χ3v) is 3.27. The first-order valence-corrected chi connectivity index (χ1v) is 8.18. The van der Waals surface area contributed by atoms with E-state index in [9.17, 15) is 9.90 Å². The highest BCUT2D eigenvalue weighted by atomic mass is 16.6. The first kappa shape index (κ1) is 21.0. The quantitative estimate of drug-likeness (QED) is 0.514. The van der Waals surface area contributed by atoms with E-state index in [2.05, 4.69) is 15.5 Å². The number of carbonyl (C=O) groups is 1. The molecular formula is C19H24N4O3. The van der Waals surface area contributed by atoms with Gasteiger partial charge >= 0.3 is 6.09 Å². The average molecular weight is 356 g/mol. The molecule has 0 heterocycles. The molecule has 1 amide bonds. The molecule has 0 spiro atoms. The van der Waals surface area contributed by atoms with Crippen molar-refractivity contribution in [3.8, 4) is 6.07 Å². The summed E-state index contributed by atoms with van der Waals surface area (Å²) in [5.74, 6) is 0. The van der Waals surface area contributed by atoms with Gasteiger partial charge in [0.2, 0.25) is 0 Å². The standard InChI is InChI=1S/C19H24N4O3/c1-19(2,3)26-18(25)23-16(10-14-8-6-5-7-9-14)17(24)13-22-12-15(11-20)21-4/h5-9,12,16-17,22,24H,10,13H2,1-3H3,(H,23,25)/b15-12-/t16-,17?/m0/s1. The van der Waals surface area contributed by atoms with Crippen LogP contribution in [0.3, 0.4) is 0 Å². The number of ether oxygens (including phenoxy) is 1. The molecular weight excluding hydrogens is 332 g/mol. The molecule has 0 saturated heterocycles. The second-order valence-electron chi connectivity index (χ2n) is 6.67. The molecule has 26 heavy (non-hydrogen) atoms. The van der Waals surface area contributed by atoms with Crippen molar-refractivity contribution >= 4 is 6.09 Å². The minimum Gasteiger partial charge on any atom is -0.444 e. The molecule has 1 unspecified atom stereocenters. The van der Waals surface area contributed by atoms with Crippen LogP contribution in [0.25, 0.3) is 4.85 Å². The molecule has 0 aromatic heterocycles. The van der Waals surface area contributed by atoms with Crippen LogP contribution >= 0.6 is 0 Å². The van der Waals surface area contributed by atoms with Crippen molar-refractivity contribution in [1.82, 2.24) is 10.6 Å². The van der Waals surface area contributed by atoms with E-state index >= 15 is 0 Å². The van der Waals surface area contributed by atoms with Gasteiger partial charge in [-0.2, -0.15) is 0 Å². The molecule has 0 radical (unpaired) electrons. The highest BCUT2D eigenvalue weighted by molar-refractivity contribution is 5.68. The Labute approximate surface area is 154 Å². The zero-order valence-electron chi connectivity index (χ0n) is 15.2. The van der Waals surface area contributed by atoms with E-state index in [1.165, 1.54) is 6.20 Å². The van der Waals surface area contributed by atoms with Gasteiger partial charge in [-0.1, -0.05) is 30.3 Å². The molecule has 0 fully saturated rings. The maximum atomic E-state index is 12.1. The second kappa shape index (κ2) is 10.1. The highest BCUT2D eigenvalue weighted by Gasteiger charge is 2.24. The fraction of sp³-hybridized carbons (Fsp3) is 0.421. The summed E-state index contributed by atoms with van der Waals surface area (Å²) in [5, 5.41) is 24.6. The van der Waals surface area contributed by atoms with Crippen LogP contribution in [-0.4, -0.2) is 35.5 Å². The molecule has 1 rings (SSSR count). The lowest BCUT2D eigenvalue weighted by Crippen LogP contribution is -2.49. The Hall–Kier alpha value is -3.03. The predicted molar refractivity (Wildman–Crippen MR) is 97.6 cm³/mol. The Kier molecular flexibility index (Phi) is 8.14. The number of nitrogens with one attached hydrogen (secondary N) is 2. The van der Waals surface area contributed by atoms with E-state index in [1.807, 2.05) is 30.3 Å². The predicted octanol–water partition coefficient (Wildman–Crippen LogP) is 2.36. The molecule has 2 atom stereocenters. The largest absolute Gasteiger partial charge is 0.444 e. The van der Waals surface area contributed by atoms with Crippen LogP contribution in [0, 0.1) is 17.9 Å². The summed E-state index contributed by atoms with van der Waals surface area (Å²) < 4.78 is 5.26. The summed E-state index contributed by atoms with van der Waals surface area (Å²) in [4.78, 5) is 15.1. The van der Waals surface area contributed by atoms with E-state index in [1.54, 1.807) is 26.8 Å². The first-order chi connectivity index (χ1) is 12.2. The van der Waals surface area contributed by atoms with Gasteiger partial charge in [0, 0.05) is 12.7 Å². The number of rotatable bonds is 7. The fourth-order valence-corrected chi connectivity index (χ4v) is 2.12. The zero-order valence-corrected chi connectivity index (χ0v) is 15.2. The van der Waals surface area contributed by atoms with Crippen LogP contribution in [0.15, 0.2) is 42.2 Å². The van der Waals surface area contributed by atoms with Crippen LogP contribution in [0.2, 0.25) is 0 Å². The van der Waals surface area contributed by atoms with E-state index in [4.69, 9.17) is 16.6 Å². The van der Waals surface area contributed by atoms with Crippen molar-refractivity contribution in [3.05, 3.63) is 59.2 Å². The van der Waals surface area contributed by atoms with Crippen LogP contribution in [0.5, 0.6) is 0 Å². The Morgan fingerprint density at radius 1 is 1.42 bits per heavy atom. The van der Waals surface area contributed by atoms with Crippen LogP contribution < -0.4 is 10.6 Å². The fourth-order valence-electron chi connectivity index (χ4n) is 2.12. The summed E-state index contributed by atoms with van der Waals surface area (Å²) in [6.45, 7) is 12.2. The third kappa shape index (κ3) is 8.18. The van der Waals surface area contributed by atoms with E-state index in [-0.39, 0.29) is 12.2 Å². The monoisotopic (exact) mass is 356 g/mol. The van der Waals surface area contributed by atoms with Crippen molar-refractivity contribution in [2.45, 2.75) is 44.9 Å². The summed E-state index contributed by atoms with van der Waals surface area (Å²) in [5.41, 5.74) is 0.184. The number of nitriles is 1. The maximum absolute atomic E-state index is 12.1. The van der Waals surface area contributed by atoms with Gasteiger partial charge in [-0.05, 0) is 32.8 Å². The van der Waals surface area contributed by atoms with Crippen molar-refractivity contribution < 1.29 is 14.6 Å². The van der Waals surface area contributed by atoms with E-state index in [0.717, 1.165) is 5.56 Å². The maximum Gasteiger partial charge on any atom is 0.407 e. The second-order valence-corrected chi connectivity index (χ2v) is 6.67. The number of nitrogens with zero attached hydrogens (tertiary/aromatic N) is 2. The summed E-state index contributed by atoms with van der Waals surface area (Å²) >= 11 is 0. The van der Waals surface area contributed by atoms with Crippen LogP contribution in [0.1, 0.15) is 26.3 Å². The number of alkyl carbamates (subject to hydrolysis) is 1. The van der Waals surface area contributed by atoms with Gasteiger partial charge in [0.1, 0.15) is 5.60 Å². The van der Waals surface area contributed by atoms with Crippen molar-refractivity contribution in [1.29, 1.82) is 5.26 Å². The summed E-state index contributed by atoms with van der Waals surface area (Å²) in [6.07, 6.45) is 0.0701. The number of amides is 1. The number of hydrogen-bond acceptors (Lipinski definition) is 5. The molecule has 1 aromatic carbocycles. The van der Waals surface area contributed by atoms with Crippen molar-refractivity contribution in [3.63, 3.8) is 0 Å². The third-order valence-electron chi connectivity index (χ3n) is 3.27. The van der Waals surface area contributed by atoms with Gasteiger partial charge in [-0.3, -0.25) is 0 Å². The number of hydrogen-bond donors (Lipinski definition) is 3. The molecule has 0 aliphatic carbocycles. The molecule has 0 saturated carbocycles. The molecule has 1 aromatic rings. The molecule has 0 aliphatic heterocycles. The number of carbonyl (C=O) groups excluding carboxylic acids is 1. The Morgan fingerprint density at radius 3 is 2.62 bits per heavy atom. The van der Waals surface area contributed by atoms with Gasteiger partial charge in [0.15, 0.2) is 0 Å². The van der Waals surface area contributed by atoms with Crippen LogP contribution in [0.4, 0.5) is 4.79 Å². The molecule has 138 valence electrons. The minimum atomic E-state index is -0.954. The van der Waals surface area contributed by atoms with Gasteiger partial charge in [0.05, 0.1) is 24.8 Å². The van der Waals surface area contributed by atoms with Gasteiger partial charge in [-0.25, -0.2) is 14.9 Å². The topological polar surface area (TPSA) is 98.7 Å². The smallest absolute Gasteiger partial charge is 0.407 e. The zero-order chi connectivity index (χ0) is 19.6. The van der Waals surface area contributed by atoms with E-state index in [0.29, 0.717) is 6.42 Å². The van der Waals surface area contributed by atoms with Crippen molar-refractivity contribution in [2.75, 3.05) is 6.54 Å². The van der Waals surface area contributed by atoms with E-state index < -0.39 is 23.8 Å². The Bertz CT molecular complexity index is 680. The summed E-state index contributed by atoms with van der Waals surface area (Å²) in [6, 6.07) is 10.6. The van der Waals surface area contributed by atoms with Gasteiger partial charge < -0.3 is 20.5 Å². The Morgan fingerprint density at radius 2 is 2.08 bits per heavy atom. The van der Waals surface area contributed by atoms with Gasteiger partial charge in [0.25, 0.3) is 5.70 Å². The summed E-state index contributed by atoms with van der Waals surface area (Å²) in [7, 11) is 0. The number of aliphatic hydroxyl groups is 1. The average Bonchev–Trinajstić information content (AvgIpc) is 2.57. The number of allylic oxidation sites excluding steroid dienone is 1. The minimum absolute atomic E-state index is 0.0635. The molecule has 0 aliphatic rings. The van der Waals surface area contributed by atoms with Gasteiger partial charge in [-0.15, -0.1) is 0 Å². The number of benzene rings is 1. The molecule has 3 N–H and O–H groups in total. The first-order valence-electron chi connectivity index (χ1n) is 8.18. The van der Waals surface area contributed by atoms with Crippen molar-refractivity contribution in [2.24, 2.45) is 0 Å². The SMILES string of the molecule is [C-]#[N+]/C(C#N)=C\NCC(O)[C@H](Cc1ccccc1)NC(=O)OC(C)(C)C. The Balaban J connectivity index is 2.79. The molecule has 0 bridgehead atoms. The lowest BCUT2D eigenvalue weighted by molar-refractivity contribution is 0.0425. The lowest BCUT2D eigenvalue weighted by atomic mass is 10.0. The number of aliphatic hydroxyl groups excluding tert-OH is 1.